The van der Waals surface area contributed by atoms with Crippen LogP contribution in [0.5, 0.6) is 0 Å². The van der Waals surface area contributed by atoms with Gasteiger partial charge in [-0.25, -0.2) is 9.78 Å². The Morgan fingerprint density at radius 3 is 2.79 bits per heavy atom. The molecule has 0 spiro atoms. The summed E-state index contributed by atoms with van der Waals surface area (Å²) in [6.07, 6.45) is 5.77. The minimum absolute atomic E-state index is 0.0435. The second-order valence-corrected chi connectivity index (χ2v) is 8.50. The number of hydrogen-bond acceptors (Lipinski definition) is 6. The van der Waals surface area contributed by atoms with Gasteiger partial charge in [0.2, 0.25) is 0 Å². The van der Waals surface area contributed by atoms with E-state index in [2.05, 4.69) is 12.2 Å². The standard InChI is InChI=1S/C20H29N3O4S/c1-2-12-28-19-16(18(24)21-14-6-4-3-5-7-14)8-9-17(22-19)23-11-10-15(13-23)27-20(25)26/h8-9,14-15H,2-7,10-13H2,1H3,(H,21,24)(H,25,26). The first-order chi connectivity index (χ1) is 13.6. The van der Waals surface area contributed by atoms with Crippen molar-refractivity contribution in [3.63, 3.8) is 0 Å². The van der Waals surface area contributed by atoms with Gasteiger partial charge in [-0.1, -0.05) is 26.2 Å². The maximum Gasteiger partial charge on any atom is 0.506 e. The number of carbonyl (C=O) groups excluding carboxylic acids is 1. The Bertz CT molecular complexity index is 694. The summed E-state index contributed by atoms with van der Waals surface area (Å²) in [5.74, 6) is 1.62. The van der Waals surface area contributed by atoms with E-state index < -0.39 is 6.16 Å². The molecule has 0 bridgehead atoms. The molecular formula is C20H29N3O4S. The number of rotatable bonds is 7. The number of carbonyl (C=O) groups is 2. The third kappa shape index (κ3) is 5.53. The molecule has 1 unspecified atom stereocenters. The highest BCUT2D eigenvalue weighted by Crippen LogP contribution is 2.28. The van der Waals surface area contributed by atoms with Crippen LogP contribution in [0.2, 0.25) is 0 Å². The van der Waals surface area contributed by atoms with E-state index in [0.717, 1.165) is 35.9 Å². The van der Waals surface area contributed by atoms with Crippen LogP contribution >= 0.6 is 11.8 Å². The molecule has 2 aliphatic rings. The van der Waals surface area contributed by atoms with Crippen molar-refractivity contribution in [1.82, 2.24) is 10.3 Å². The van der Waals surface area contributed by atoms with Crippen LogP contribution in [0.25, 0.3) is 0 Å². The second kappa shape index (κ2) is 10.0. The van der Waals surface area contributed by atoms with E-state index in [4.69, 9.17) is 14.8 Å². The summed E-state index contributed by atoms with van der Waals surface area (Å²) < 4.78 is 4.88. The van der Waals surface area contributed by atoms with Gasteiger partial charge in [0.15, 0.2) is 0 Å². The van der Waals surface area contributed by atoms with Gasteiger partial charge in [-0.05, 0) is 37.1 Å². The van der Waals surface area contributed by atoms with Crippen molar-refractivity contribution < 1.29 is 19.4 Å². The summed E-state index contributed by atoms with van der Waals surface area (Å²) >= 11 is 1.60. The lowest BCUT2D eigenvalue weighted by atomic mass is 9.95. The van der Waals surface area contributed by atoms with Crippen molar-refractivity contribution in [2.45, 2.75) is 69.0 Å². The molecular weight excluding hydrogens is 378 g/mol. The molecule has 28 heavy (non-hydrogen) atoms. The van der Waals surface area contributed by atoms with Crippen LogP contribution in [-0.4, -0.2) is 53.1 Å². The number of aromatic nitrogens is 1. The van der Waals surface area contributed by atoms with Crippen molar-refractivity contribution in [1.29, 1.82) is 0 Å². The maximum atomic E-state index is 12.8. The van der Waals surface area contributed by atoms with Gasteiger partial charge in [-0.3, -0.25) is 4.79 Å². The summed E-state index contributed by atoms with van der Waals surface area (Å²) in [6.45, 7) is 3.29. The molecule has 8 heteroatoms. The Hall–Kier alpha value is -1.96. The Morgan fingerprint density at radius 1 is 1.29 bits per heavy atom. The van der Waals surface area contributed by atoms with Crippen LogP contribution in [0.3, 0.4) is 0 Å². The van der Waals surface area contributed by atoms with E-state index in [0.29, 0.717) is 25.1 Å². The van der Waals surface area contributed by atoms with Gasteiger partial charge in [0.05, 0.1) is 12.1 Å². The first-order valence-electron chi connectivity index (χ1n) is 10.2. The van der Waals surface area contributed by atoms with Crippen molar-refractivity contribution >= 4 is 29.6 Å². The SMILES string of the molecule is CCCSc1nc(N2CCC(OC(=O)O)C2)ccc1C(=O)NC1CCCCC1. The lowest BCUT2D eigenvalue weighted by Gasteiger charge is -2.23. The minimum Gasteiger partial charge on any atom is -0.450 e. The number of amides is 1. The number of hydrogen-bond donors (Lipinski definition) is 2. The highest BCUT2D eigenvalue weighted by Gasteiger charge is 2.27. The average Bonchev–Trinajstić information content (AvgIpc) is 3.14. The molecule has 2 N–H and O–H groups in total. The Labute approximate surface area is 170 Å². The Morgan fingerprint density at radius 2 is 2.07 bits per heavy atom. The van der Waals surface area contributed by atoms with Crippen molar-refractivity contribution in [3.8, 4) is 0 Å². The zero-order chi connectivity index (χ0) is 19.9. The third-order valence-corrected chi connectivity index (χ3v) is 6.41. The third-order valence-electron chi connectivity index (χ3n) is 5.21. The summed E-state index contributed by atoms with van der Waals surface area (Å²) in [7, 11) is 0. The number of nitrogens with one attached hydrogen (secondary N) is 1. The van der Waals surface area contributed by atoms with Crippen molar-refractivity contribution in [3.05, 3.63) is 17.7 Å². The van der Waals surface area contributed by atoms with Gasteiger partial charge in [0.25, 0.3) is 5.91 Å². The smallest absolute Gasteiger partial charge is 0.450 e. The molecule has 154 valence electrons. The molecule has 3 rings (SSSR count). The van der Waals surface area contributed by atoms with Gasteiger partial charge in [0.1, 0.15) is 16.9 Å². The lowest BCUT2D eigenvalue weighted by Crippen LogP contribution is -2.36. The topological polar surface area (TPSA) is 91.8 Å². The highest BCUT2D eigenvalue weighted by molar-refractivity contribution is 7.99. The predicted octanol–water partition coefficient (Wildman–Crippen LogP) is 3.92. The molecule has 2 fully saturated rings. The van der Waals surface area contributed by atoms with E-state index >= 15 is 0 Å². The van der Waals surface area contributed by atoms with E-state index in [1.54, 1.807) is 11.8 Å². The molecule has 1 aliphatic heterocycles. The molecule has 1 aromatic rings. The van der Waals surface area contributed by atoms with Crippen molar-refractivity contribution in [2.24, 2.45) is 0 Å². The van der Waals surface area contributed by atoms with E-state index in [9.17, 15) is 9.59 Å². The molecule has 0 radical (unpaired) electrons. The van der Waals surface area contributed by atoms with Crippen LogP contribution in [0.1, 0.15) is 62.2 Å². The molecule has 1 amide bonds. The summed E-state index contributed by atoms with van der Waals surface area (Å²) in [4.78, 5) is 30.4. The quantitative estimate of drug-likeness (QED) is 0.523. The maximum absolute atomic E-state index is 12.8. The largest absolute Gasteiger partial charge is 0.506 e. The Balaban J connectivity index is 1.72. The minimum atomic E-state index is -1.24. The first-order valence-corrected chi connectivity index (χ1v) is 11.1. The summed E-state index contributed by atoms with van der Waals surface area (Å²) in [5.41, 5.74) is 0.630. The van der Waals surface area contributed by atoms with Crippen molar-refractivity contribution in [2.75, 3.05) is 23.7 Å². The fourth-order valence-electron chi connectivity index (χ4n) is 3.77. The van der Waals surface area contributed by atoms with Gasteiger partial charge >= 0.3 is 6.16 Å². The fourth-order valence-corrected chi connectivity index (χ4v) is 4.65. The summed E-state index contributed by atoms with van der Waals surface area (Å²) in [5, 5.41) is 12.7. The van der Waals surface area contributed by atoms with Gasteiger partial charge in [-0.15, -0.1) is 11.8 Å². The summed E-state index contributed by atoms with van der Waals surface area (Å²) in [6, 6.07) is 3.97. The van der Waals surface area contributed by atoms with E-state index in [1.807, 2.05) is 17.0 Å². The van der Waals surface area contributed by atoms with Gasteiger partial charge in [-0.2, -0.15) is 0 Å². The monoisotopic (exact) mass is 407 g/mol. The number of thioether (sulfide) groups is 1. The predicted molar refractivity (Wildman–Crippen MR) is 109 cm³/mol. The lowest BCUT2D eigenvalue weighted by molar-refractivity contribution is 0.0602. The molecule has 7 nitrogen and oxygen atoms in total. The average molecular weight is 408 g/mol. The molecule has 1 aromatic heterocycles. The molecule has 1 saturated carbocycles. The molecule has 0 aromatic carbocycles. The molecule has 1 saturated heterocycles. The molecule has 2 heterocycles. The zero-order valence-corrected chi connectivity index (χ0v) is 17.2. The Kier molecular flexibility index (Phi) is 7.42. The van der Waals surface area contributed by atoms with Crippen LogP contribution in [0.4, 0.5) is 10.6 Å². The van der Waals surface area contributed by atoms with Crippen LogP contribution < -0.4 is 10.2 Å². The van der Waals surface area contributed by atoms with E-state index in [1.165, 1.54) is 19.3 Å². The first kappa shape index (κ1) is 20.8. The van der Waals surface area contributed by atoms with Crippen LogP contribution in [-0.2, 0) is 4.74 Å². The zero-order valence-electron chi connectivity index (χ0n) is 16.4. The molecule has 1 aliphatic carbocycles. The van der Waals surface area contributed by atoms with E-state index in [-0.39, 0.29) is 18.1 Å². The highest BCUT2D eigenvalue weighted by atomic mass is 32.2. The van der Waals surface area contributed by atoms with Gasteiger partial charge < -0.3 is 20.1 Å². The second-order valence-electron chi connectivity index (χ2n) is 7.42. The number of anilines is 1. The number of pyridine rings is 1. The van der Waals surface area contributed by atoms with Crippen LogP contribution in [0.15, 0.2) is 17.2 Å². The number of nitrogens with zero attached hydrogens (tertiary/aromatic N) is 2. The molecule has 1 atom stereocenters. The van der Waals surface area contributed by atoms with Crippen LogP contribution in [0, 0.1) is 0 Å². The van der Waals surface area contributed by atoms with Gasteiger partial charge in [0, 0.05) is 19.0 Å². The number of ether oxygens (including phenoxy) is 1. The number of carboxylic acid groups (broad SMARTS) is 1. The fraction of sp³-hybridized carbons (Fsp3) is 0.650. The normalized spacial score (nSPS) is 20.2.